The molecule has 0 bridgehead atoms. The minimum atomic E-state index is -0.383. The molecule has 3 aromatic rings. The molecule has 10 nitrogen and oxygen atoms in total. The molecule has 0 radical (unpaired) electrons. The summed E-state index contributed by atoms with van der Waals surface area (Å²) in [6.07, 6.45) is 4.61. The van der Waals surface area contributed by atoms with Gasteiger partial charge in [0.25, 0.3) is 5.69 Å². The highest BCUT2D eigenvalue weighted by atomic mass is 16.6. The van der Waals surface area contributed by atoms with Crippen molar-refractivity contribution in [2.75, 3.05) is 13.1 Å². The van der Waals surface area contributed by atoms with Gasteiger partial charge in [-0.3, -0.25) is 24.8 Å². The molecule has 1 amide bonds. The second-order valence-electron chi connectivity index (χ2n) is 8.03. The SMILES string of the molecule is NCCCNC(=O)C1Cc2ncn(Cc3ccccc3[N+](=O)[O-])c2CN1Cc1ccccn1. The van der Waals surface area contributed by atoms with Gasteiger partial charge >= 0.3 is 0 Å². The summed E-state index contributed by atoms with van der Waals surface area (Å²) in [6, 6.07) is 12.0. The van der Waals surface area contributed by atoms with Crippen LogP contribution in [0.1, 0.15) is 29.1 Å². The number of hydrogen-bond acceptors (Lipinski definition) is 7. The molecule has 4 rings (SSSR count). The summed E-state index contributed by atoms with van der Waals surface area (Å²) in [5.74, 6) is -0.0571. The maximum absolute atomic E-state index is 13.0. The first kappa shape index (κ1) is 22.6. The molecule has 3 N–H and O–H groups in total. The predicted molar refractivity (Wildman–Crippen MR) is 122 cm³/mol. The number of nitro groups is 1. The van der Waals surface area contributed by atoms with E-state index in [1.807, 2.05) is 22.8 Å². The Morgan fingerprint density at radius 3 is 2.76 bits per heavy atom. The number of nitrogens with two attached hydrogens (primary N) is 1. The highest BCUT2D eigenvalue weighted by molar-refractivity contribution is 5.82. The van der Waals surface area contributed by atoms with Gasteiger partial charge in [0.15, 0.2) is 0 Å². The molecular formula is C23H27N7O3. The van der Waals surface area contributed by atoms with Crippen LogP contribution in [0.25, 0.3) is 0 Å². The number of imidazole rings is 1. The van der Waals surface area contributed by atoms with E-state index in [1.54, 1.807) is 30.7 Å². The van der Waals surface area contributed by atoms with Gasteiger partial charge in [-0.1, -0.05) is 24.3 Å². The first-order valence-electron chi connectivity index (χ1n) is 10.9. The summed E-state index contributed by atoms with van der Waals surface area (Å²) in [7, 11) is 0. The fourth-order valence-electron chi connectivity index (χ4n) is 4.11. The quantitative estimate of drug-likeness (QED) is 0.288. The molecule has 1 atom stereocenters. The summed E-state index contributed by atoms with van der Waals surface area (Å²) in [5, 5.41) is 14.4. The minimum Gasteiger partial charge on any atom is -0.355 e. The van der Waals surface area contributed by atoms with Gasteiger partial charge < -0.3 is 15.6 Å². The van der Waals surface area contributed by atoms with Crippen molar-refractivity contribution in [3.8, 4) is 0 Å². The fraction of sp³-hybridized carbons (Fsp3) is 0.348. The van der Waals surface area contributed by atoms with Crippen LogP contribution in [0, 0.1) is 10.1 Å². The molecule has 172 valence electrons. The number of benzene rings is 1. The highest BCUT2D eigenvalue weighted by Gasteiger charge is 2.34. The summed E-state index contributed by atoms with van der Waals surface area (Å²) < 4.78 is 1.94. The summed E-state index contributed by atoms with van der Waals surface area (Å²) in [6.45, 7) is 2.38. The third-order valence-corrected chi connectivity index (χ3v) is 5.82. The molecule has 3 heterocycles. The van der Waals surface area contributed by atoms with Gasteiger partial charge in [0, 0.05) is 43.9 Å². The number of pyridine rings is 1. The van der Waals surface area contributed by atoms with Crippen molar-refractivity contribution in [2.24, 2.45) is 5.73 Å². The summed E-state index contributed by atoms with van der Waals surface area (Å²) >= 11 is 0. The van der Waals surface area contributed by atoms with Gasteiger partial charge in [0.2, 0.25) is 5.91 Å². The van der Waals surface area contributed by atoms with E-state index in [2.05, 4.69) is 20.2 Å². The summed E-state index contributed by atoms with van der Waals surface area (Å²) in [4.78, 5) is 35.1. The van der Waals surface area contributed by atoms with Crippen LogP contribution < -0.4 is 11.1 Å². The van der Waals surface area contributed by atoms with Crippen LogP contribution in [-0.2, 0) is 30.8 Å². The molecule has 0 fully saturated rings. The third-order valence-electron chi connectivity index (χ3n) is 5.82. The van der Waals surface area contributed by atoms with Gasteiger partial charge in [-0.2, -0.15) is 0 Å². The van der Waals surface area contributed by atoms with Gasteiger partial charge in [0.05, 0.1) is 40.9 Å². The molecule has 1 aliphatic rings. The number of hydrogen-bond donors (Lipinski definition) is 2. The highest BCUT2D eigenvalue weighted by Crippen LogP contribution is 2.26. The smallest absolute Gasteiger partial charge is 0.274 e. The fourth-order valence-corrected chi connectivity index (χ4v) is 4.11. The van der Waals surface area contributed by atoms with Crippen LogP contribution in [-0.4, -0.2) is 49.4 Å². The number of amides is 1. The number of rotatable bonds is 9. The van der Waals surface area contributed by atoms with Crippen LogP contribution in [0.4, 0.5) is 5.69 Å². The van der Waals surface area contributed by atoms with Gasteiger partial charge in [-0.25, -0.2) is 4.98 Å². The first-order chi connectivity index (χ1) is 16.1. The van der Waals surface area contributed by atoms with Gasteiger partial charge in [-0.15, -0.1) is 0 Å². The molecule has 1 aromatic carbocycles. The van der Waals surface area contributed by atoms with E-state index >= 15 is 0 Å². The number of fused-ring (bicyclic) bond motifs is 1. The minimum absolute atomic E-state index is 0.0571. The average Bonchev–Trinajstić information content (AvgIpc) is 3.21. The van der Waals surface area contributed by atoms with Crippen LogP contribution in [0.3, 0.4) is 0 Å². The lowest BCUT2D eigenvalue weighted by Crippen LogP contribution is -2.50. The Kier molecular flexibility index (Phi) is 7.06. The second-order valence-corrected chi connectivity index (χ2v) is 8.03. The molecule has 33 heavy (non-hydrogen) atoms. The normalized spacial score (nSPS) is 15.7. The number of aromatic nitrogens is 3. The number of carbonyl (C=O) groups is 1. The van der Waals surface area contributed by atoms with Crippen molar-refractivity contribution in [2.45, 2.75) is 38.5 Å². The van der Waals surface area contributed by atoms with Crippen LogP contribution in [0.15, 0.2) is 55.0 Å². The van der Waals surface area contributed by atoms with Crippen molar-refractivity contribution in [3.05, 3.63) is 87.7 Å². The predicted octanol–water partition coefficient (Wildman–Crippen LogP) is 1.63. The number of carbonyl (C=O) groups excluding carboxylic acids is 1. The van der Waals surface area contributed by atoms with Crippen molar-refractivity contribution in [1.82, 2.24) is 24.8 Å². The topological polar surface area (TPSA) is 132 Å². The van der Waals surface area contributed by atoms with Crippen molar-refractivity contribution in [1.29, 1.82) is 0 Å². The van der Waals surface area contributed by atoms with Crippen molar-refractivity contribution < 1.29 is 9.72 Å². The molecular weight excluding hydrogens is 422 g/mol. The zero-order chi connectivity index (χ0) is 23.2. The molecule has 0 spiro atoms. The van der Waals surface area contributed by atoms with Crippen LogP contribution >= 0.6 is 0 Å². The number of nitrogens with one attached hydrogen (secondary N) is 1. The third kappa shape index (κ3) is 5.24. The number of nitrogens with zero attached hydrogens (tertiary/aromatic N) is 5. The molecule has 0 saturated carbocycles. The Hall–Kier alpha value is -3.63. The van der Waals surface area contributed by atoms with E-state index in [4.69, 9.17) is 5.73 Å². The maximum Gasteiger partial charge on any atom is 0.274 e. The molecule has 0 aliphatic carbocycles. The van der Waals surface area contributed by atoms with E-state index in [1.165, 1.54) is 6.07 Å². The largest absolute Gasteiger partial charge is 0.355 e. The number of para-hydroxylation sites is 1. The lowest BCUT2D eigenvalue weighted by Gasteiger charge is -2.34. The van der Waals surface area contributed by atoms with Gasteiger partial charge in [0.1, 0.15) is 0 Å². The lowest BCUT2D eigenvalue weighted by molar-refractivity contribution is -0.385. The Labute approximate surface area is 191 Å². The number of nitro benzene ring substituents is 1. The summed E-state index contributed by atoms with van der Waals surface area (Å²) in [5.41, 5.74) is 8.91. The Morgan fingerprint density at radius 2 is 2.00 bits per heavy atom. The van der Waals surface area contributed by atoms with E-state index < -0.39 is 0 Å². The Balaban J connectivity index is 1.60. The monoisotopic (exact) mass is 449 g/mol. The lowest BCUT2D eigenvalue weighted by atomic mass is 10.0. The van der Waals surface area contributed by atoms with E-state index in [0.717, 1.165) is 17.1 Å². The molecule has 0 saturated heterocycles. The Bertz CT molecular complexity index is 1120. The zero-order valence-corrected chi connectivity index (χ0v) is 18.3. The first-order valence-corrected chi connectivity index (χ1v) is 10.9. The van der Waals surface area contributed by atoms with Crippen LogP contribution in [0.5, 0.6) is 0 Å². The molecule has 2 aromatic heterocycles. The van der Waals surface area contributed by atoms with E-state index in [-0.39, 0.29) is 22.6 Å². The van der Waals surface area contributed by atoms with Crippen molar-refractivity contribution >= 4 is 11.6 Å². The van der Waals surface area contributed by atoms with E-state index in [0.29, 0.717) is 51.1 Å². The average molecular weight is 450 g/mol. The molecule has 1 unspecified atom stereocenters. The van der Waals surface area contributed by atoms with E-state index in [9.17, 15) is 14.9 Å². The molecule has 10 heteroatoms. The zero-order valence-electron chi connectivity index (χ0n) is 18.3. The standard InChI is InChI=1S/C23H27N7O3/c24-9-5-11-26-23(31)21-12-19-22(15-28(21)14-18-7-3-4-10-25-18)29(16-27-19)13-17-6-1-2-8-20(17)30(32)33/h1-4,6-8,10,16,21H,5,9,11-15,24H2,(H,26,31). The van der Waals surface area contributed by atoms with Gasteiger partial charge in [-0.05, 0) is 25.1 Å². The second kappa shape index (κ2) is 10.3. The van der Waals surface area contributed by atoms with Crippen molar-refractivity contribution in [3.63, 3.8) is 0 Å². The molecule has 1 aliphatic heterocycles. The maximum atomic E-state index is 13.0. The Morgan fingerprint density at radius 1 is 1.18 bits per heavy atom. The van der Waals surface area contributed by atoms with Crippen LogP contribution in [0.2, 0.25) is 0 Å².